The molecule has 2 amide bonds. The molecule has 0 unspecified atom stereocenters. The van der Waals surface area contributed by atoms with Crippen molar-refractivity contribution in [1.82, 2.24) is 9.32 Å². The topological polar surface area (TPSA) is 80.7 Å². The standard InChI is InChI=1S/C7H13ClN2O4S.Na/c1-7(2)5-9(6(11)10(7)8)3-4-15(12,13)14;/h3-5H2,1-2H3,(H,12,13,14);/q;+1/p-1. The summed E-state index contributed by atoms with van der Waals surface area (Å²) in [6.07, 6.45) is 0. The number of carbonyl (C=O) groups excluding carboxylic acids is 1. The molecular formula is C7H12ClN2NaO4S. The van der Waals surface area contributed by atoms with Crippen LogP contribution in [0.3, 0.4) is 0 Å². The van der Waals surface area contributed by atoms with Gasteiger partial charge in [-0.25, -0.2) is 17.6 Å². The van der Waals surface area contributed by atoms with Gasteiger partial charge in [0.05, 0.1) is 21.4 Å². The third kappa shape index (κ3) is 4.05. The van der Waals surface area contributed by atoms with Crippen LogP contribution in [0.15, 0.2) is 0 Å². The zero-order valence-corrected chi connectivity index (χ0v) is 13.0. The molecule has 1 heterocycles. The summed E-state index contributed by atoms with van der Waals surface area (Å²) >= 11 is 5.71. The van der Waals surface area contributed by atoms with E-state index in [0.717, 1.165) is 4.42 Å². The van der Waals surface area contributed by atoms with E-state index in [1.165, 1.54) is 4.90 Å². The van der Waals surface area contributed by atoms with Crippen LogP contribution in [0.5, 0.6) is 0 Å². The van der Waals surface area contributed by atoms with Crippen molar-refractivity contribution in [3.05, 3.63) is 0 Å². The molecule has 0 spiro atoms. The summed E-state index contributed by atoms with van der Waals surface area (Å²) in [5.74, 6) is -0.584. The van der Waals surface area contributed by atoms with Gasteiger partial charge in [-0.1, -0.05) is 0 Å². The molecule has 16 heavy (non-hydrogen) atoms. The molecule has 9 heteroatoms. The van der Waals surface area contributed by atoms with Crippen LogP contribution in [0.1, 0.15) is 13.8 Å². The maximum absolute atomic E-state index is 11.5. The van der Waals surface area contributed by atoms with Crippen molar-refractivity contribution in [2.24, 2.45) is 0 Å². The van der Waals surface area contributed by atoms with Gasteiger partial charge in [-0.15, -0.1) is 0 Å². The van der Waals surface area contributed by atoms with Crippen LogP contribution in [-0.2, 0) is 10.1 Å². The monoisotopic (exact) mass is 278 g/mol. The number of hydrogen-bond acceptors (Lipinski definition) is 4. The number of carbonyl (C=O) groups is 1. The van der Waals surface area contributed by atoms with Crippen molar-refractivity contribution in [3.8, 4) is 0 Å². The van der Waals surface area contributed by atoms with Crippen molar-refractivity contribution in [3.63, 3.8) is 0 Å². The smallest absolute Gasteiger partial charge is 0.748 e. The molecule has 1 fully saturated rings. The fourth-order valence-corrected chi connectivity index (χ4v) is 1.98. The summed E-state index contributed by atoms with van der Waals surface area (Å²) in [5.41, 5.74) is -0.550. The molecule has 0 saturated carbocycles. The molecule has 0 radical (unpaired) electrons. The van der Waals surface area contributed by atoms with Crippen LogP contribution in [0.2, 0.25) is 0 Å². The Hall–Kier alpha value is 0.470. The zero-order valence-electron chi connectivity index (χ0n) is 9.43. The molecule has 0 aliphatic carbocycles. The summed E-state index contributed by atoms with van der Waals surface area (Å²) < 4.78 is 32.2. The third-order valence-electron chi connectivity index (χ3n) is 2.16. The van der Waals surface area contributed by atoms with Gasteiger partial charge in [0.25, 0.3) is 0 Å². The van der Waals surface area contributed by atoms with Gasteiger partial charge in [-0.2, -0.15) is 0 Å². The second kappa shape index (κ2) is 5.41. The fraction of sp³-hybridized carbons (Fsp3) is 0.857. The third-order valence-corrected chi connectivity index (χ3v) is 3.44. The van der Waals surface area contributed by atoms with Crippen molar-refractivity contribution in [2.45, 2.75) is 19.4 Å². The van der Waals surface area contributed by atoms with E-state index in [1.807, 2.05) is 0 Å². The fourth-order valence-electron chi connectivity index (χ4n) is 1.38. The van der Waals surface area contributed by atoms with Crippen LogP contribution in [0.25, 0.3) is 0 Å². The van der Waals surface area contributed by atoms with Crippen LogP contribution in [0.4, 0.5) is 4.79 Å². The maximum atomic E-state index is 11.5. The summed E-state index contributed by atoms with van der Waals surface area (Å²) in [6, 6.07) is -0.467. The predicted molar refractivity (Wildman–Crippen MR) is 53.3 cm³/mol. The number of halogens is 1. The number of urea groups is 1. The van der Waals surface area contributed by atoms with Gasteiger partial charge >= 0.3 is 35.6 Å². The molecule has 0 aromatic heterocycles. The van der Waals surface area contributed by atoms with E-state index in [1.54, 1.807) is 13.8 Å². The second-order valence-corrected chi connectivity index (χ2v) is 5.92. The molecule has 1 rings (SSSR count). The normalized spacial score (nSPS) is 19.9. The van der Waals surface area contributed by atoms with E-state index in [-0.39, 0.29) is 36.1 Å². The summed E-state index contributed by atoms with van der Waals surface area (Å²) in [6.45, 7) is 3.70. The van der Waals surface area contributed by atoms with Crippen molar-refractivity contribution in [1.29, 1.82) is 0 Å². The molecule has 0 aromatic carbocycles. The Kier molecular flexibility index (Phi) is 5.57. The first kappa shape index (κ1) is 16.5. The molecule has 0 N–H and O–H groups in total. The SMILES string of the molecule is CC1(C)CN(CCS(=O)(=O)[O-])C(=O)N1Cl.[Na+]. The summed E-state index contributed by atoms with van der Waals surface area (Å²) in [7, 11) is -4.30. The molecule has 6 nitrogen and oxygen atoms in total. The van der Waals surface area contributed by atoms with E-state index in [2.05, 4.69) is 0 Å². The average molecular weight is 279 g/mol. The minimum Gasteiger partial charge on any atom is -0.748 e. The molecule has 1 saturated heterocycles. The largest absolute Gasteiger partial charge is 1.00 e. The van der Waals surface area contributed by atoms with Gasteiger partial charge in [-0.05, 0) is 13.8 Å². The molecule has 88 valence electrons. The van der Waals surface area contributed by atoms with Gasteiger partial charge < -0.3 is 9.45 Å². The van der Waals surface area contributed by atoms with Gasteiger partial charge in [-0.3, -0.25) is 0 Å². The van der Waals surface area contributed by atoms with Crippen molar-refractivity contribution < 1.29 is 47.3 Å². The number of amides is 2. The first-order valence-corrected chi connectivity index (χ1v) is 6.23. The minimum atomic E-state index is -4.30. The maximum Gasteiger partial charge on any atom is 1.00 e. The van der Waals surface area contributed by atoms with Gasteiger partial charge in [0.2, 0.25) is 0 Å². The van der Waals surface area contributed by atoms with Crippen LogP contribution in [0, 0.1) is 0 Å². The van der Waals surface area contributed by atoms with Crippen LogP contribution in [-0.4, -0.2) is 52.7 Å². The van der Waals surface area contributed by atoms with Gasteiger partial charge in [0.15, 0.2) is 0 Å². The van der Waals surface area contributed by atoms with E-state index < -0.39 is 27.4 Å². The first-order valence-electron chi connectivity index (χ1n) is 4.32. The Labute approximate surface area is 122 Å². The minimum absolute atomic E-state index is 0. The zero-order chi connectivity index (χ0) is 11.9. The molecular weight excluding hydrogens is 267 g/mol. The predicted octanol–water partition coefficient (Wildman–Crippen LogP) is -2.79. The van der Waals surface area contributed by atoms with E-state index >= 15 is 0 Å². The summed E-state index contributed by atoms with van der Waals surface area (Å²) in [5, 5.41) is 0. The number of hydrogen-bond donors (Lipinski definition) is 0. The van der Waals surface area contributed by atoms with Crippen molar-refractivity contribution >= 4 is 27.9 Å². The molecule has 0 aromatic rings. The quantitative estimate of drug-likeness (QED) is 0.317. The van der Waals surface area contributed by atoms with Gasteiger partial charge in [0, 0.05) is 24.9 Å². The Morgan fingerprint density at radius 1 is 1.50 bits per heavy atom. The van der Waals surface area contributed by atoms with Crippen LogP contribution >= 0.6 is 11.8 Å². The summed E-state index contributed by atoms with van der Waals surface area (Å²) in [4.78, 5) is 12.7. The first-order chi connectivity index (χ1) is 6.63. The van der Waals surface area contributed by atoms with E-state index in [9.17, 15) is 17.8 Å². The number of nitrogens with zero attached hydrogens (tertiary/aromatic N) is 2. The Morgan fingerprint density at radius 3 is 2.31 bits per heavy atom. The van der Waals surface area contributed by atoms with Crippen molar-refractivity contribution in [2.75, 3.05) is 18.8 Å². The molecule has 1 aliphatic heterocycles. The second-order valence-electron chi connectivity index (χ2n) is 4.06. The molecule has 0 atom stereocenters. The van der Waals surface area contributed by atoms with E-state index in [0.29, 0.717) is 6.54 Å². The molecule has 0 bridgehead atoms. The average Bonchev–Trinajstić information content (AvgIpc) is 2.25. The Balaban J connectivity index is 0.00000225. The number of rotatable bonds is 3. The molecule has 1 aliphatic rings. The van der Waals surface area contributed by atoms with Gasteiger partial charge in [0.1, 0.15) is 0 Å². The van der Waals surface area contributed by atoms with E-state index in [4.69, 9.17) is 11.8 Å². The van der Waals surface area contributed by atoms with Crippen LogP contribution < -0.4 is 29.6 Å². The Morgan fingerprint density at radius 2 is 2.00 bits per heavy atom. The Bertz CT molecular complexity index is 373.